The minimum Gasteiger partial charge on any atom is -0.512 e. The molecule has 0 radical (unpaired) electrons. The third-order valence-corrected chi connectivity index (χ3v) is 3.00. The lowest BCUT2D eigenvalue weighted by Gasteiger charge is -2.35. The Kier molecular flexibility index (Phi) is 3.18. The molecule has 0 bridgehead atoms. The van der Waals surface area contributed by atoms with Gasteiger partial charge in [0.1, 0.15) is 11.4 Å². The Bertz CT molecular complexity index is 436. The van der Waals surface area contributed by atoms with Crippen LogP contribution in [0.5, 0.6) is 0 Å². The number of carbonyl (C=O) groups excluding carboxylic acids is 1. The summed E-state index contributed by atoms with van der Waals surface area (Å²) in [6, 6.07) is 9.61. The van der Waals surface area contributed by atoms with Gasteiger partial charge in [0.05, 0.1) is 6.08 Å². The SMILES string of the molecule is CCCC1(c2ccccc2)CC(O)=CC(=O)O1. The van der Waals surface area contributed by atoms with Crippen molar-refractivity contribution in [2.45, 2.75) is 31.8 Å². The van der Waals surface area contributed by atoms with Gasteiger partial charge in [0.2, 0.25) is 0 Å². The summed E-state index contributed by atoms with van der Waals surface area (Å²) >= 11 is 0. The topological polar surface area (TPSA) is 46.5 Å². The Morgan fingerprint density at radius 2 is 2.06 bits per heavy atom. The molecule has 3 nitrogen and oxygen atoms in total. The molecule has 1 N–H and O–H groups in total. The predicted octanol–water partition coefficient (Wildman–Crippen LogP) is 3.07. The van der Waals surface area contributed by atoms with Gasteiger partial charge >= 0.3 is 5.97 Å². The second-order valence-corrected chi connectivity index (χ2v) is 4.34. The van der Waals surface area contributed by atoms with Crippen molar-refractivity contribution >= 4 is 5.97 Å². The first kappa shape index (κ1) is 11.7. The molecular formula is C14H16O3. The molecule has 1 aliphatic heterocycles. The molecule has 17 heavy (non-hydrogen) atoms. The zero-order chi connectivity index (χ0) is 12.3. The van der Waals surface area contributed by atoms with E-state index in [2.05, 4.69) is 0 Å². The molecule has 0 aliphatic carbocycles. The summed E-state index contributed by atoms with van der Waals surface area (Å²) in [5.74, 6) is -0.371. The second kappa shape index (κ2) is 4.62. The average molecular weight is 232 g/mol. The summed E-state index contributed by atoms with van der Waals surface area (Å²) in [5, 5.41) is 9.66. The average Bonchev–Trinajstić information content (AvgIpc) is 2.29. The second-order valence-electron chi connectivity index (χ2n) is 4.34. The Morgan fingerprint density at radius 1 is 1.35 bits per heavy atom. The predicted molar refractivity (Wildman–Crippen MR) is 64.4 cm³/mol. The van der Waals surface area contributed by atoms with E-state index >= 15 is 0 Å². The third kappa shape index (κ3) is 2.33. The molecule has 0 saturated carbocycles. The van der Waals surface area contributed by atoms with Crippen LogP contribution in [-0.2, 0) is 15.1 Å². The maximum atomic E-state index is 11.5. The Hall–Kier alpha value is -1.77. The number of benzene rings is 1. The molecule has 90 valence electrons. The molecule has 3 heteroatoms. The van der Waals surface area contributed by atoms with Crippen molar-refractivity contribution in [2.75, 3.05) is 0 Å². The van der Waals surface area contributed by atoms with Crippen molar-refractivity contribution in [3.05, 3.63) is 47.7 Å². The first-order valence-corrected chi connectivity index (χ1v) is 5.84. The molecule has 0 spiro atoms. The standard InChI is InChI=1S/C14H16O3/c1-2-8-14(11-6-4-3-5-7-11)10-12(15)9-13(16)17-14/h3-7,9,15H,2,8,10H2,1H3. The van der Waals surface area contributed by atoms with Gasteiger partial charge in [-0.15, -0.1) is 0 Å². The van der Waals surface area contributed by atoms with E-state index in [1.807, 2.05) is 37.3 Å². The Balaban J connectivity index is 2.41. The van der Waals surface area contributed by atoms with E-state index in [9.17, 15) is 9.90 Å². The van der Waals surface area contributed by atoms with Crippen molar-refractivity contribution in [3.63, 3.8) is 0 Å². The molecule has 1 aromatic carbocycles. The van der Waals surface area contributed by atoms with Crippen LogP contribution in [0.3, 0.4) is 0 Å². The van der Waals surface area contributed by atoms with E-state index in [1.165, 1.54) is 0 Å². The summed E-state index contributed by atoms with van der Waals surface area (Å²) in [6.45, 7) is 2.04. The van der Waals surface area contributed by atoms with Gasteiger partial charge in [0, 0.05) is 6.42 Å². The maximum absolute atomic E-state index is 11.5. The van der Waals surface area contributed by atoms with Crippen molar-refractivity contribution in [1.29, 1.82) is 0 Å². The minimum atomic E-state index is -0.702. The quantitative estimate of drug-likeness (QED) is 0.815. The van der Waals surface area contributed by atoms with Crippen LogP contribution in [-0.4, -0.2) is 11.1 Å². The molecule has 1 unspecified atom stereocenters. The number of aliphatic hydroxyl groups is 1. The van der Waals surface area contributed by atoms with Gasteiger partial charge in [-0.3, -0.25) is 0 Å². The normalized spacial score (nSPS) is 24.1. The first-order valence-electron chi connectivity index (χ1n) is 5.84. The maximum Gasteiger partial charge on any atom is 0.335 e. The molecule has 0 saturated heterocycles. The molecular weight excluding hydrogens is 216 g/mol. The van der Waals surface area contributed by atoms with E-state index in [4.69, 9.17) is 4.74 Å². The number of cyclic esters (lactones) is 1. The fourth-order valence-corrected chi connectivity index (χ4v) is 2.33. The highest BCUT2D eigenvalue weighted by Crippen LogP contribution is 2.39. The van der Waals surface area contributed by atoms with Gasteiger partial charge in [-0.1, -0.05) is 43.7 Å². The summed E-state index contributed by atoms with van der Waals surface area (Å²) < 4.78 is 5.50. The molecule has 0 amide bonds. The van der Waals surface area contributed by atoms with Crippen molar-refractivity contribution in [3.8, 4) is 0 Å². The molecule has 0 fully saturated rings. The summed E-state index contributed by atoms with van der Waals surface area (Å²) in [7, 11) is 0. The molecule has 1 heterocycles. The molecule has 2 rings (SSSR count). The summed E-state index contributed by atoms with van der Waals surface area (Å²) in [6.07, 6.45) is 3.10. The van der Waals surface area contributed by atoms with Crippen LogP contribution >= 0.6 is 0 Å². The lowest BCUT2D eigenvalue weighted by Crippen LogP contribution is -2.35. The van der Waals surface area contributed by atoms with Crippen LogP contribution in [0.4, 0.5) is 0 Å². The Morgan fingerprint density at radius 3 is 2.65 bits per heavy atom. The van der Waals surface area contributed by atoms with Gasteiger partial charge < -0.3 is 9.84 Å². The van der Waals surface area contributed by atoms with Crippen LogP contribution in [0.2, 0.25) is 0 Å². The van der Waals surface area contributed by atoms with Gasteiger partial charge in [-0.2, -0.15) is 0 Å². The number of rotatable bonds is 3. The van der Waals surface area contributed by atoms with Crippen molar-refractivity contribution < 1.29 is 14.6 Å². The molecule has 1 aliphatic rings. The number of carbonyl (C=O) groups is 1. The van der Waals surface area contributed by atoms with Gasteiger partial charge in [-0.05, 0) is 12.0 Å². The van der Waals surface area contributed by atoms with Gasteiger partial charge in [0.25, 0.3) is 0 Å². The van der Waals surface area contributed by atoms with Crippen LogP contribution < -0.4 is 0 Å². The van der Waals surface area contributed by atoms with E-state index in [0.717, 1.165) is 18.1 Å². The van der Waals surface area contributed by atoms with Crippen molar-refractivity contribution in [2.24, 2.45) is 0 Å². The number of esters is 1. The smallest absolute Gasteiger partial charge is 0.335 e. The summed E-state index contributed by atoms with van der Waals surface area (Å²) in [5.41, 5.74) is 0.237. The van der Waals surface area contributed by atoms with E-state index in [-0.39, 0.29) is 5.76 Å². The highest BCUT2D eigenvalue weighted by molar-refractivity contribution is 5.84. The Labute approximate surface area is 101 Å². The van der Waals surface area contributed by atoms with E-state index < -0.39 is 11.6 Å². The first-order chi connectivity index (χ1) is 8.16. The van der Waals surface area contributed by atoms with Gasteiger partial charge in [-0.25, -0.2) is 4.79 Å². The molecule has 0 aromatic heterocycles. The highest BCUT2D eigenvalue weighted by atomic mass is 16.6. The van der Waals surface area contributed by atoms with E-state index in [0.29, 0.717) is 12.8 Å². The number of hydrogen-bond donors (Lipinski definition) is 1. The summed E-state index contributed by atoms with van der Waals surface area (Å²) in [4.78, 5) is 11.5. The lowest BCUT2D eigenvalue weighted by molar-refractivity contribution is -0.159. The zero-order valence-electron chi connectivity index (χ0n) is 9.85. The monoisotopic (exact) mass is 232 g/mol. The van der Waals surface area contributed by atoms with Crippen LogP contribution in [0.1, 0.15) is 31.7 Å². The van der Waals surface area contributed by atoms with E-state index in [1.54, 1.807) is 0 Å². The fourth-order valence-electron chi connectivity index (χ4n) is 2.33. The minimum absolute atomic E-state index is 0.0959. The fraction of sp³-hybridized carbons (Fsp3) is 0.357. The number of aliphatic hydroxyl groups excluding tert-OH is 1. The van der Waals surface area contributed by atoms with Crippen molar-refractivity contribution in [1.82, 2.24) is 0 Å². The van der Waals surface area contributed by atoms with Crippen LogP contribution in [0.25, 0.3) is 0 Å². The third-order valence-electron chi connectivity index (χ3n) is 3.00. The molecule has 1 aromatic rings. The van der Waals surface area contributed by atoms with Crippen LogP contribution in [0, 0.1) is 0 Å². The number of hydrogen-bond acceptors (Lipinski definition) is 3. The largest absolute Gasteiger partial charge is 0.512 e. The van der Waals surface area contributed by atoms with Gasteiger partial charge in [0.15, 0.2) is 0 Å². The molecule has 1 atom stereocenters. The number of ether oxygens (including phenoxy) is 1. The zero-order valence-corrected chi connectivity index (χ0v) is 9.85. The lowest BCUT2D eigenvalue weighted by atomic mass is 9.84. The van der Waals surface area contributed by atoms with Crippen LogP contribution in [0.15, 0.2) is 42.2 Å². The highest BCUT2D eigenvalue weighted by Gasteiger charge is 2.39.